The van der Waals surface area contributed by atoms with Gasteiger partial charge in [-0.3, -0.25) is 4.79 Å². The molecular formula is C33H48O11. The van der Waals surface area contributed by atoms with E-state index in [4.69, 9.17) is 28.4 Å². The maximum Gasteiger partial charge on any atom is 0.333 e. The number of ether oxygens (including phenoxy) is 6. The van der Waals surface area contributed by atoms with Crippen molar-refractivity contribution < 1.29 is 53.0 Å². The molecule has 2 saturated carbocycles. The van der Waals surface area contributed by atoms with Gasteiger partial charge in [0.25, 0.3) is 0 Å². The number of allylic oxidation sites excluding steroid dienone is 2. The van der Waals surface area contributed by atoms with Crippen LogP contribution < -0.4 is 0 Å². The Morgan fingerprint density at radius 3 is 2.07 bits per heavy atom. The molecule has 11 nitrogen and oxygen atoms in total. The molecule has 0 bridgehead atoms. The average molecular weight is 621 g/mol. The molecule has 0 amide bonds. The first kappa shape index (κ1) is 34.3. The molecule has 0 aromatic rings. The van der Waals surface area contributed by atoms with E-state index in [0.29, 0.717) is 30.4 Å². The van der Waals surface area contributed by atoms with Gasteiger partial charge in [-0.25, -0.2) is 9.59 Å². The fourth-order valence-electron chi connectivity index (χ4n) is 7.01. The van der Waals surface area contributed by atoms with Crippen LogP contribution in [-0.2, 0) is 42.8 Å². The van der Waals surface area contributed by atoms with E-state index in [1.165, 1.54) is 6.92 Å². The van der Waals surface area contributed by atoms with Gasteiger partial charge in [0.1, 0.15) is 17.3 Å². The molecule has 1 spiro atoms. The number of carbonyl (C=O) groups is 3. The van der Waals surface area contributed by atoms with Crippen LogP contribution in [0, 0.1) is 5.41 Å². The number of rotatable bonds is 8. The molecule has 246 valence electrons. The van der Waals surface area contributed by atoms with E-state index in [1.807, 2.05) is 0 Å². The van der Waals surface area contributed by atoms with Crippen LogP contribution in [-0.4, -0.2) is 87.8 Å². The Morgan fingerprint density at radius 1 is 0.955 bits per heavy atom. The van der Waals surface area contributed by atoms with E-state index in [9.17, 15) is 24.6 Å². The molecule has 1 unspecified atom stereocenters. The highest BCUT2D eigenvalue weighted by Gasteiger charge is 2.81. The summed E-state index contributed by atoms with van der Waals surface area (Å²) in [7, 11) is 0. The topological polar surface area (TPSA) is 150 Å². The largest absolute Gasteiger partial charge is 0.454 e. The van der Waals surface area contributed by atoms with Crippen molar-refractivity contribution in [3.63, 3.8) is 0 Å². The van der Waals surface area contributed by atoms with Gasteiger partial charge in [-0.2, -0.15) is 0 Å². The van der Waals surface area contributed by atoms with Gasteiger partial charge in [0.2, 0.25) is 0 Å². The second-order valence-electron chi connectivity index (χ2n) is 13.4. The van der Waals surface area contributed by atoms with E-state index < -0.39 is 77.6 Å². The maximum atomic E-state index is 13.1. The molecule has 44 heavy (non-hydrogen) atoms. The predicted octanol–water partition coefficient (Wildman–Crippen LogP) is 3.59. The molecule has 0 radical (unpaired) electrons. The number of hydrogen-bond donors (Lipinski definition) is 2. The first-order valence-electron chi connectivity index (χ1n) is 15.3. The molecular weight excluding hydrogens is 572 g/mol. The van der Waals surface area contributed by atoms with Crippen molar-refractivity contribution in [1.29, 1.82) is 0 Å². The van der Waals surface area contributed by atoms with Crippen molar-refractivity contribution in [3.8, 4) is 0 Å². The van der Waals surface area contributed by atoms with Crippen molar-refractivity contribution in [2.45, 2.75) is 148 Å². The zero-order valence-corrected chi connectivity index (χ0v) is 27.3. The minimum absolute atomic E-state index is 0.286. The Kier molecular flexibility index (Phi) is 9.34. The highest BCUT2D eigenvalue weighted by Crippen LogP contribution is 2.70. The minimum Gasteiger partial charge on any atom is -0.454 e. The monoisotopic (exact) mass is 620 g/mol. The summed E-state index contributed by atoms with van der Waals surface area (Å²) in [5, 5.41) is 23.0. The number of aliphatic hydroxyl groups excluding tert-OH is 1. The van der Waals surface area contributed by atoms with Crippen LogP contribution in [0.25, 0.3) is 0 Å². The SMILES string of the molecule is C=C1[C@H](O)CC[C@]2(C)CC[C@](O)(C(C)(C)OC3O[C@H](C)[C@H](OC(=O)/C(C)=C\C)[C@H](OC(C)=O)[C@H]3OC(=O)/C(C)=C\C)[C@H]3O[C@]132. The zero-order valence-electron chi connectivity index (χ0n) is 27.3. The summed E-state index contributed by atoms with van der Waals surface area (Å²) >= 11 is 0. The third-order valence-electron chi connectivity index (χ3n) is 10.3. The normalized spacial score (nSPS) is 40.8. The van der Waals surface area contributed by atoms with Crippen molar-refractivity contribution >= 4 is 17.9 Å². The van der Waals surface area contributed by atoms with Crippen LogP contribution >= 0.6 is 0 Å². The number of esters is 3. The highest BCUT2D eigenvalue weighted by atomic mass is 16.7. The van der Waals surface area contributed by atoms with E-state index >= 15 is 0 Å². The van der Waals surface area contributed by atoms with Gasteiger partial charge in [0, 0.05) is 23.5 Å². The molecule has 4 fully saturated rings. The molecule has 4 rings (SSSR count). The number of epoxide rings is 1. The summed E-state index contributed by atoms with van der Waals surface area (Å²) in [6.45, 7) is 19.0. The Hall–Kier alpha value is -2.57. The van der Waals surface area contributed by atoms with E-state index in [2.05, 4.69) is 13.5 Å². The Balaban J connectivity index is 1.69. The van der Waals surface area contributed by atoms with Crippen LogP contribution in [0.4, 0.5) is 0 Å². The van der Waals surface area contributed by atoms with Crippen molar-refractivity contribution in [2.24, 2.45) is 5.41 Å². The van der Waals surface area contributed by atoms with E-state index in [0.717, 1.165) is 6.42 Å². The molecule has 0 aromatic carbocycles. The Morgan fingerprint density at radius 2 is 1.52 bits per heavy atom. The second-order valence-corrected chi connectivity index (χ2v) is 13.4. The van der Waals surface area contributed by atoms with Gasteiger partial charge in [0.05, 0.1) is 17.8 Å². The smallest absolute Gasteiger partial charge is 0.333 e. The van der Waals surface area contributed by atoms with Crippen LogP contribution in [0.1, 0.15) is 88.0 Å². The average Bonchev–Trinajstić information content (AvgIpc) is 3.74. The van der Waals surface area contributed by atoms with Crippen molar-refractivity contribution in [2.75, 3.05) is 0 Å². The summed E-state index contributed by atoms with van der Waals surface area (Å²) in [6.07, 6.45) is -2.09. The van der Waals surface area contributed by atoms with Crippen LogP contribution in [0.15, 0.2) is 35.5 Å². The minimum atomic E-state index is -1.56. The molecule has 2 saturated heterocycles. The molecule has 11 heteroatoms. The number of carbonyl (C=O) groups excluding carboxylic acids is 3. The van der Waals surface area contributed by atoms with Crippen LogP contribution in [0.2, 0.25) is 0 Å². The first-order valence-corrected chi connectivity index (χ1v) is 15.3. The van der Waals surface area contributed by atoms with Gasteiger partial charge in [0.15, 0.2) is 24.6 Å². The lowest BCUT2D eigenvalue weighted by molar-refractivity contribution is -0.341. The van der Waals surface area contributed by atoms with Crippen molar-refractivity contribution in [1.82, 2.24) is 0 Å². The van der Waals surface area contributed by atoms with Gasteiger partial charge < -0.3 is 38.6 Å². The van der Waals surface area contributed by atoms with Crippen molar-refractivity contribution in [3.05, 3.63) is 35.5 Å². The lowest BCUT2D eigenvalue weighted by Crippen LogP contribution is -2.67. The van der Waals surface area contributed by atoms with Gasteiger partial charge >= 0.3 is 17.9 Å². The summed E-state index contributed by atoms with van der Waals surface area (Å²) < 4.78 is 36.3. The Labute approximate surface area is 259 Å². The molecule has 10 atom stereocenters. The predicted molar refractivity (Wildman–Crippen MR) is 158 cm³/mol. The highest BCUT2D eigenvalue weighted by molar-refractivity contribution is 5.88. The first-order chi connectivity index (χ1) is 20.4. The Bertz CT molecular complexity index is 1250. The standard InChI is InChI=1S/C33H48O11/c1-11-17(3)26(36)41-23-20(6)39-28(25(24(23)40-21(7)34)42-27(37)18(4)12-2)43-30(8,9)32(38)16-15-31(10)14-13-22(35)19(5)33(31)29(32)44-33/h11-12,20,22-25,28-29,35,38H,5,13-16H2,1-4,6-10H3/b17-11-,18-12-/t20-,22-,23+,24+,25-,28?,29-,31-,32-,33-/m1/s1. The second kappa shape index (κ2) is 12.0. The van der Waals surface area contributed by atoms with Gasteiger partial charge in [-0.1, -0.05) is 25.7 Å². The molecule has 2 aliphatic carbocycles. The molecule has 4 aliphatic rings. The van der Waals surface area contributed by atoms with Gasteiger partial charge in [-0.05, 0) is 79.7 Å². The lowest BCUT2D eigenvalue weighted by Gasteiger charge is -2.54. The third kappa shape index (κ3) is 5.55. The lowest BCUT2D eigenvalue weighted by atomic mass is 9.53. The fourth-order valence-corrected chi connectivity index (χ4v) is 7.01. The molecule has 0 aromatic heterocycles. The summed E-state index contributed by atoms with van der Waals surface area (Å²) in [5.41, 5.74) is -2.98. The summed E-state index contributed by atoms with van der Waals surface area (Å²) in [5.74, 6) is -2.05. The fraction of sp³-hybridized carbons (Fsp3) is 0.727. The summed E-state index contributed by atoms with van der Waals surface area (Å²) in [4.78, 5) is 38.2. The molecule has 2 aliphatic heterocycles. The van der Waals surface area contributed by atoms with Crippen LogP contribution in [0.5, 0.6) is 0 Å². The zero-order chi connectivity index (χ0) is 33.0. The number of aliphatic hydroxyl groups is 2. The summed E-state index contributed by atoms with van der Waals surface area (Å²) in [6, 6.07) is 0. The van der Waals surface area contributed by atoms with Gasteiger partial charge in [-0.15, -0.1) is 0 Å². The van der Waals surface area contributed by atoms with E-state index in [1.54, 1.807) is 60.6 Å². The third-order valence-corrected chi connectivity index (χ3v) is 10.3. The maximum absolute atomic E-state index is 13.1. The van der Waals surface area contributed by atoms with Crippen LogP contribution in [0.3, 0.4) is 0 Å². The molecule has 2 heterocycles. The van der Waals surface area contributed by atoms with E-state index in [-0.39, 0.29) is 11.0 Å². The molecule has 2 N–H and O–H groups in total. The number of hydrogen-bond acceptors (Lipinski definition) is 11. The quantitative estimate of drug-likeness (QED) is 0.135.